The maximum atomic E-state index is 13.3. The number of hydrogen-bond donors (Lipinski definition) is 0. The first-order chi connectivity index (χ1) is 14.6. The van der Waals surface area contributed by atoms with Crippen LogP contribution in [0.2, 0.25) is 0 Å². The van der Waals surface area contributed by atoms with Crippen LogP contribution in [0.5, 0.6) is 5.75 Å². The Hall–Kier alpha value is -3.74. The van der Waals surface area contributed by atoms with Crippen LogP contribution in [0.15, 0.2) is 63.8 Å². The number of hydrogen-bond acceptors (Lipinski definition) is 5. The van der Waals surface area contributed by atoms with E-state index in [0.29, 0.717) is 11.3 Å². The fourth-order valence-electron chi connectivity index (χ4n) is 3.82. The molecule has 30 heavy (non-hydrogen) atoms. The number of ether oxygens (including phenoxy) is 1. The fourth-order valence-corrected chi connectivity index (χ4v) is 3.82. The van der Waals surface area contributed by atoms with E-state index in [1.54, 1.807) is 35.0 Å². The van der Waals surface area contributed by atoms with Crippen molar-refractivity contribution in [3.8, 4) is 11.4 Å². The molecule has 0 unspecified atom stereocenters. The molecule has 4 aromatic rings. The summed E-state index contributed by atoms with van der Waals surface area (Å²) in [5, 5.41) is 5.24. The minimum absolute atomic E-state index is 0.253. The normalized spacial score (nSPS) is 13.2. The summed E-state index contributed by atoms with van der Waals surface area (Å²) in [7, 11) is 0. The second-order valence-electron chi connectivity index (χ2n) is 7.21. The van der Waals surface area contributed by atoms with Gasteiger partial charge in [0.2, 0.25) is 0 Å². The fraction of sp³-hybridized carbons (Fsp3) is 0.174. The third kappa shape index (κ3) is 3.28. The highest BCUT2D eigenvalue weighted by Gasteiger charge is 2.27. The molecule has 1 aliphatic carbocycles. The largest absolute Gasteiger partial charge is 0.423 e. The average Bonchev–Trinajstić information content (AvgIpc) is 3.14. The Morgan fingerprint density at radius 3 is 2.63 bits per heavy atom. The first-order valence-corrected chi connectivity index (χ1v) is 9.71. The summed E-state index contributed by atoms with van der Waals surface area (Å²) in [6.07, 6.45) is 3.48. The summed E-state index contributed by atoms with van der Waals surface area (Å²) in [6.45, 7) is 0. The molecule has 6 nitrogen and oxygen atoms in total. The zero-order valence-electron chi connectivity index (χ0n) is 15.9. The van der Waals surface area contributed by atoms with Gasteiger partial charge in [-0.1, -0.05) is 0 Å². The van der Waals surface area contributed by atoms with E-state index in [1.807, 2.05) is 0 Å². The zero-order chi connectivity index (χ0) is 20.7. The number of carbonyl (C=O) groups is 1. The lowest BCUT2D eigenvalue weighted by Gasteiger charge is -2.14. The molecule has 0 radical (unpaired) electrons. The van der Waals surface area contributed by atoms with E-state index < -0.39 is 11.6 Å². The van der Waals surface area contributed by atoms with Gasteiger partial charge in [0.05, 0.1) is 5.69 Å². The van der Waals surface area contributed by atoms with Gasteiger partial charge in [0.15, 0.2) is 5.69 Å². The van der Waals surface area contributed by atoms with E-state index in [1.165, 1.54) is 24.3 Å². The van der Waals surface area contributed by atoms with Crippen molar-refractivity contribution >= 4 is 16.9 Å². The van der Waals surface area contributed by atoms with Gasteiger partial charge in [0.1, 0.15) is 17.1 Å². The van der Waals surface area contributed by atoms with Crippen LogP contribution in [0.4, 0.5) is 4.39 Å². The van der Waals surface area contributed by atoms with Gasteiger partial charge in [0, 0.05) is 28.8 Å². The Balaban J connectivity index is 1.51. The third-order valence-electron chi connectivity index (χ3n) is 5.25. The predicted molar refractivity (Wildman–Crippen MR) is 108 cm³/mol. The van der Waals surface area contributed by atoms with Crippen molar-refractivity contribution in [1.29, 1.82) is 0 Å². The molecule has 0 saturated carbocycles. The van der Waals surface area contributed by atoms with Crippen molar-refractivity contribution in [2.24, 2.45) is 0 Å². The van der Waals surface area contributed by atoms with Gasteiger partial charge in [-0.15, -0.1) is 0 Å². The van der Waals surface area contributed by atoms with Gasteiger partial charge in [-0.3, -0.25) is 0 Å². The Labute approximate surface area is 170 Å². The van der Waals surface area contributed by atoms with Crippen LogP contribution in [-0.2, 0) is 12.8 Å². The molecule has 0 N–H and O–H groups in total. The molecule has 0 aliphatic heterocycles. The number of esters is 1. The maximum absolute atomic E-state index is 13.3. The minimum atomic E-state index is -0.577. The average molecular weight is 404 g/mol. The number of fused-ring (bicyclic) bond motifs is 2. The molecular weight excluding hydrogens is 387 g/mol. The minimum Gasteiger partial charge on any atom is -0.423 e. The Morgan fingerprint density at radius 2 is 1.80 bits per heavy atom. The third-order valence-corrected chi connectivity index (χ3v) is 5.25. The molecular formula is C23H17FN2O4. The standard InChI is InChI=1S/C23H17FN2O4/c24-15-7-9-16(10-8-15)26-19-4-2-1-3-18(19)22(25-26)23(28)29-17-11-5-14-6-12-21(27)30-20(14)13-17/h5-13H,1-4H2. The van der Waals surface area contributed by atoms with Crippen LogP contribution in [0, 0.1) is 5.82 Å². The summed E-state index contributed by atoms with van der Waals surface area (Å²) in [4.78, 5) is 24.4. The van der Waals surface area contributed by atoms with Crippen molar-refractivity contribution in [3.05, 3.63) is 87.8 Å². The molecule has 0 bridgehead atoms. The van der Waals surface area contributed by atoms with Crippen molar-refractivity contribution < 1.29 is 18.3 Å². The molecule has 2 heterocycles. The zero-order valence-corrected chi connectivity index (χ0v) is 15.9. The Morgan fingerprint density at radius 1 is 1.03 bits per heavy atom. The maximum Gasteiger partial charge on any atom is 0.364 e. The van der Waals surface area contributed by atoms with Crippen LogP contribution in [-0.4, -0.2) is 15.7 Å². The van der Waals surface area contributed by atoms with Gasteiger partial charge in [-0.25, -0.2) is 18.7 Å². The smallest absolute Gasteiger partial charge is 0.364 e. The van der Waals surface area contributed by atoms with Crippen molar-refractivity contribution in [1.82, 2.24) is 9.78 Å². The SMILES string of the molecule is O=C(Oc1ccc2ccc(=O)oc2c1)c1nn(-c2ccc(F)cc2)c2c1CCCC2. The van der Waals surface area contributed by atoms with Crippen molar-refractivity contribution in [2.75, 3.05) is 0 Å². The summed E-state index contributed by atoms with van der Waals surface area (Å²) < 4.78 is 25.7. The van der Waals surface area contributed by atoms with Crippen molar-refractivity contribution in [2.45, 2.75) is 25.7 Å². The summed E-state index contributed by atoms with van der Waals surface area (Å²) in [6, 6.07) is 13.9. The molecule has 2 aromatic heterocycles. The van der Waals surface area contributed by atoms with E-state index in [0.717, 1.165) is 42.3 Å². The van der Waals surface area contributed by atoms with Gasteiger partial charge in [-0.2, -0.15) is 5.10 Å². The molecule has 7 heteroatoms. The molecule has 0 saturated heterocycles. The molecule has 2 aromatic carbocycles. The molecule has 1 aliphatic rings. The lowest BCUT2D eigenvalue weighted by Crippen LogP contribution is -2.13. The summed E-state index contributed by atoms with van der Waals surface area (Å²) in [5.41, 5.74) is 2.63. The number of rotatable bonds is 3. The van der Waals surface area contributed by atoms with E-state index in [-0.39, 0.29) is 17.3 Å². The summed E-state index contributed by atoms with van der Waals surface area (Å²) >= 11 is 0. The number of benzene rings is 2. The number of halogens is 1. The van der Waals surface area contributed by atoms with Gasteiger partial charge < -0.3 is 9.15 Å². The van der Waals surface area contributed by atoms with Crippen LogP contribution in [0.3, 0.4) is 0 Å². The lowest BCUT2D eigenvalue weighted by molar-refractivity contribution is 0.0727. The first-order valence-electron chi connectivity index (χ1n) is 9.71. The first kappa shape index (κ1) is 18.3. The topological polar surface area (TPSA) is 74.3 Å². The van der Waals surface area contributed by atoms with Gasteiger partial charge in [-0.05, 0) is 68.1 Å². The molecule has 5 rings (SSSR count). The molecule has 0 amide bonds. The highest BCUT2D eigenvalue weighted by molar-refractivity contribution is 5.91. The Bertz CT molecular complexity index is 1320. The molecule has 150 valence electrons. The van der Waals surface area contributed by atoms with Gasteiger partial charge >= 0.3 is 11.6 Å². The van der Waals surface area contributed by atoms with E-state index in [2.05, 4.69) is 5.10 Å². The predicted octanol–water partition coefficient (Wildman–Crippen LogP) is 4.22. The number of carbonyl (C=O) groups excluding carboxylic acids is 1. The van der Waals surface area contributed by atoms with Crippen LogP contribution in [0.1, 0.15) is 34.6 Å². The molecule has 0 spiro atoms. The van der Waals surface area contributed by atoms with E-state index in [4.69, 9.17) is 9.15 Å². The quantitative estimate of drug-likeness (QED) is 0.290. The number of nitrogens with zero attached hydrogens (tertiary/aromatic N) is 2. The second-order valence-corrected chi connectivity index (χ2v) is 7.21. The van der Waals surface area contributed by atoms with Crippen LogP contribution in [0.25, 0.3) is 16.7 Å². The van der Waals surface area contributed by atoms with Crippen molar-refractivity contribution in [3.63, 3.8) is 0 Å². The van der Waals surface area contributed by atoms with Crippen LogP contribution >= 0.6 is 0 Å². The van der Waals surface area contributed by atoms with E-state index >= 15 is 0 Å². The highest BCUT2D eigenvalue weighted by Crippen LogP contribution is 2.28. The van der Waals surface area contributed by atoms with E-state index in [9.17, 15) is 14.0 Å². The second kappa shape index (κ2) is 7.26. The molecule has 0 fully saturated rings. The van der Waals surface area contributed by atoms with Gasteiger partial charge in [0.25, 0.3) is 0 Å². The highest BCUT2D eigenvalue weighted by atomic mass is 19.1. The molecule has 0 atom stereocenters. The van der Waals surface area contributed by atoms with Crippen LogP contribution < -0.4 is 10.4 Å². The lowest BCUT2D eigenvalue weighted by atomic mass is 9.95. The Kier molecular flexibility index (Phi) is 4.43. The monoisotopic (exact) mass is 404 g/mol. The number of aromatic nitrogens is 2. The summed E-state index contributed by atoms with van der Waals surface area (Å²) in [5.74, 6) is -0.642.